The fraction of sp³-hybridized carbons (Fsp3) is 0.294. The Morgan fingerprint density at radius 3 is 1.77 bits per heavy atom. The standard InChI is InChI=1S/C34H40N6O4/c1-23-27(7-4-9-29(23)38-33(43)31-13-11-25(20-36-31)19-35-15-6-17-41)28-8-5-10-30(24(28)2)39-34(44)32-14-12-26(21-37-32)22-40(3)16-18-42/h4-5,7-14,20-21,35,41-42H,6,15-19,22H2,1-3H3,(H,38,43)(H,39,44). The van der Waals surface area contributed by atoms with Crippen molar-refractivity contribution >= 4 is 23.2 Å². The van der Waals surface area contributed by atoms with E-state index in [4.69, 9.17) is 10.2 Å². The second-order valence-electron chi connectivity index (χ2n) is 10.7. The van der Waals surface area contributed by atoms with E-state index in [9.17, 15) is 9.59 Å². The van der Waals surface area contributed by atoms with Crippen LogP contribution in [-0.4, -0.2) is 70.2 Å². The van der Waals surface area contributed by atoms with Gasteiger partial charge in [-0.3, -0.25) is 24.5 Å². The Labute approximate surface area is 258 Å². The summed E-state index contributed by atoms with van der Waals surface area (Å²) in [5.41, 5.74) is 7.52. The van der Waals surface area contributed by atoms with Gasteiger partial charge in [0.05, 0.1) is 6.61 Å². The third-order valence-electron chi connectivity index (χ3n) is 7.34. The molecule has 10 nitrogen and oxygen atoms in total. The summed E-state index contributed by atoms with van der Waals surface area (Å²) in [7, 11) is 1.91. The van der Waals surface area contributed by atoms with E-state index >= 15 is 0 Å². The third-order valence-corrected chi connectivity index (χ3v) is 7.34. The second kappa shape index (κ2) is 15.8. The quantitative estimate of drug-likeness (QED) is 0.137. The van der Waals surface area contributed by atoms with E-state index in [1.54, 1.807) is 24.5 Å². The van der Waals surface area contributed by atoms with Gasteiger partial charge < -0.3 is 26.2 Å². The highest BCUT2D eigenvalue weighted by Gasteiger charge is 2.16. The fourth-order valence-electron chi connectivity index (χ4n) is 4.81. The summed E-state index contributed by atoms with van der Waals surface area (Å²) < 4.78 is 0. The van der Waals surface area contributed by atoms with Crippen LogP contribution in [0.5, 0.6) is 0 Å². The number of aromatic nitrogens is 2. The van der Waals surface area contributed by atoms with Gasteiger partial charge in [0.2, 0.25) is 0 Å². The van der Waals surface area contributed by atoms with Crippen molar-refractivity contribution in [2.75, 3.05) is 44.0 Å². The highest BCUT2D eigenvalue weighted by Crippen LogP contribution is 2.34. The van der Waals surface area contributed by atoms with Crippen molar-refractivity contribution in [3.05, 3.63) is 107 Å². The number of pyridine rings is 2. The second-order valence-corrected chi connectivity index (χ2v) is 10.7. The van der Waals surface area contributed by atoms with Crippen LogP contribution in [0.1, 0.15) is 49.7 Å². The molecule has 2 amide bonds. The van der Waals surface area contributed by atoms with Crippen LogP contribution in [-0.2, 0) is 13.1 Å². The molecule has 0 atom stereocenters. The maximum Gasteiger partial charge on any atom is 0.274 e. The van der Waals surface area contributed by atoms with Crippen molar-refractivity contribution in [2.24, 2.45) is 0 Å². The van der Waals surface area contributed by atoms with E-state index in [1.165, 1.54) is 0 Å². The van der Waals surface area contributed by atoms with Crippen molar-refractivity contribution in [3.8, 4) is 11.1 Å². The number of hydrogen-bond acceptors (Lipinski definition) is 8. The highest BCUT2D eigenvalue weighted by atomic mass is 16.3. The lowest BCUT2D eigenvalue weighted by Gasteiger charge is -2.17. The molecule has 2 heterocycles. The lowest BCUT2D eigenvalue weighted by Crippen LogP contribution is -2.21. The average molecular weight is 597 g/mol. The van der Waals surface area contributed by atoms with Gasteiger partial charge in [0.25, 0.3) is 11.8 Å². The SMILES string of the molecule is Cc1c(NC(=O)c2ccc(CNCCCO)cn2)cccc1-c1cccc(NC(=O)c2ccc(CN(C)CCO)cn2)c1C. The molecule has 0 spiro atoms. The summed E-state index contributed by atoms with van der Waals surface area (Å²) in [4.78, 5) is 36.7. The molecule has 4 aromatic rings. The Hall–Kier alpha value is -4.48. The van der Waals surface area contributed by atoms with Gasteiger partial charge in [0, 0.05) is 50.0 Å². The summed E-state index contributed by atoms with van der Waals surface area (Å²) in [5, 5.41) is 27.2. The van der Waals surface area contributed by atoms with Gasteiger partial charge in [-0.25, -0.2) is 0 Å². The molecule has 0 aliphatic rings. The molecule has 2 aromatic heterocycles. The van der Waals surface area contributed by atoms with Crippen LogP contribution in [0.4, 0.5) is 11.4 Å². The summed E-state index contributed by atoms with van der Waals surface area (Å²) in [6.07, 6.45) is 4.04. The van der Waals surface area contributed by atoms with E-state index in [1.807, 2.05) is 74.3 Å². The van der Waals surface area contributed by atoms with Gasteiger partial charge in [-0.05, 0) is 91.5 Å². The van der Waals surface area contributed by atoms with Gasteiger partial charge in [-0.1, -0.05) is 36.4 Å². The average Bonchev–Trinajstić information content (AvgIpc) is 3.02. The highest BCUT2D eigenvalue weighted by molar-refractivity contribution is 6.05. The number of hydrogen-bond donors (Lipinski definition) is 5. The minimum Gasteiger partial charge on any atom is -0.396 e. The molecule has 0 saturated carbocycles. The molecule has 0 aliphatic carbocycles. The van der Waals surface area contributed by atoms with E-state index in [-0.39, 0.29) is 25.0 Å². The molecule has 0 saturated heterocycles. The van der Waals surface area contributed by atoms with Crippen LogP contribution in [0.25, 0.3) is 11.1 Å². The Morgan fingerprint density at radius 2 is 1.30 bits per heavy atom. The number of carbonyl (C=O) groups excluding carboxylic acids is 2. The lowest BCUT2D eigenvalue weighted by atomic mass is 9.94. The number of anilines is 2. The maximum absolute atomic E-state index is 13.0. The Morgan fingerprint density at radius 1 is 0.750 bits per heavy atom. The number of aliphatic hydroxyl groups excluding tert-OH is 2. The monoisotopic (exact) mass is 596 g/mol. The van der Waals surface area contributed by atoms with Crippen LogP contribution >= 0.6 is 0 Å². The van der Waals surface area contributed by atoms with Crippen LogP contribution in [0.2, 0.25) is 0 Å². The maximum atomic E-state index is 13.0. The Bertz CT molecular complexity index is 1560. The zero-order valence-electron chi connectivity index (χ0n) is 25.4. The van der Waals surface area contributed by atoms with Crippen LogP contribution in [0.3, 0.4) is 0 Å². The van der Waals surface area contributed by atoms with Crippen LogP contribution in [0, 0.1) is 13.8 Å². The van der Waals surface area contributed by atoms with Crippen LogP contribution in [0.15, 0.2) is 73.1 Å². The van der Waals surface area contributed by atoms with Gasteiger partial charge in [0.15, 0.2) is 0 Å². The number of benzene rings is 2. The number of amides is 2. The number of nitrogens with zero attached hydrogens (tertiary/aromatic N) is 3. The van der Waals surface area contributed by atoms with Crippen molar-refractivity contribution < 1.29 is 19.8 Å². The predicted molar refractivity (Wildman–Crippen MR) is 173 cm³/mol. The molecular weight excluding hydrogens is 556 g/mol. The van der Waals surface area contributed by atoms with E-state index in [0.29, 0.717) is 55.4 Å². The molecule has 44 heavy (non-hydrogen) atoms. The van der Waals surface area contributed by atoms with Gasteiger partial charge in [0.1, 0.15) is 11.4 Å². The van der Waals surface area contributed by atoms with E-state index in [2.05, 4.69) is 25.9 Å². The fourth-order valence-corrected chi connectivity index (χ4v) is 4.81. The molecular formula is C34H40N6O4. The summed E-state index contributed by atoms with van der Waals surface area (Å²) >= 11 is 0. The van der Waals surface area contributed by atoms with Crippen molar-refractivity contribution in [2.45, 2.75) is 33.4 Å². The number of nitrogens with one attached hydrogen (secondary N) is 3. The number of aliphatic hydroxyl groups is 2. The number of likely N-dealkylation sites (N-methyl/N-ethyl adjacent to an activating group) is 1. The first-order chi connectivity index (χ1) is 21.3. The molecule has 0 unspecified atom stereocenters. The van der Waals surface area contributed by atoms with Crippen molar-refractivity contribution in [1.82, 2.24) is 20.2 Å². The molecule has 10 heteroatoms. The number of carbonyl (C=O) groups is 2. The minimum absolute atomic E-state index is 0.0830. The summed E-state index contributed by atoms with van der Waals surface area (Å²) in [5.74, 6) is -0.612. The molecule has 0 bridgehead atoms. The van der Waals surface area contributed by atoms with Crippen molar-refractivity contribution in [3.63, 3.8) is 0 Å². The molecule has 2 aromatic carbocycles. The molecule has 0 aliphatic heterocycles. The van der Waals surface area contributed by atoms with E-state index in [0.717, 1.165) is 33.4 Å². The van der Waals surface area contributed by atoms with Crippen molar-refractivity contribution in [1.29, 1.82) is 0 Å². The first-order valence-electron chi connectivity index (χ1n) is 14.6. The zero-order valence-corrected chi connectivity index (χ0v) is 25.4. The molecule has 5 N–H and O–H groups in total. The zero-order chi connectivity index (χ0) is 31.5. The molecule has 4 rings (SSSR count). The molecule has 230 valence electrons. The first kappa shape index (κ1) is 32.4. The van der Waals surface area contributed by atoms with Gasteiger partial charge in [-0.2, -0.15) is 0 Å². The topological polar surface area (TPSA) is 140 Å². The van der Waals surface area contributed by atoms with E-state index < -0.39 is 0 Å². The first-order valence-corrected chi connectivity index (χ1v) is 14.6. The summed E-state index contributed by atoms with van der Waals surface area (Å²) in [6, 6.07) is 18.6. The van der Waals surface area contributed by atoms with Crippen LogP contribution < -0.4 is 16.0 Å². The largest absolute Gasteiger partial charge is 0.396 e. The Kier molecular flexibility index (Phi) is 11.7. The third kappa shape index (κ3) is 8.55. The van der Waals surface area contributed by atoms with Gasteiger partial charge >= 0.3 is 0 Å². The normalized spacial score (nSPS) is 11.0. The smallest absolute Gasteiger partial charge is 0.274 e. The lowest BCUT2D eigenvalue weighted by molar-refractivity contribution is 0.101. The molecule has 0 fully saturated rings. The Balaban J connectivity index is 1.45. The number of rotatable bonds is 14. The predicted octanol–water partition coefficient (Wildman–Crippen LogP) is 4.16. The van der Waals surface area contributed by atoms with Gasteiger partial charge in [-0.15, -0.1) is 0 Å². The summed E-state index contributed by atoms with van der Waals surface area (Å²) in [6.45, 7) is 6.64. The molecule has 0 radical (unpaired) electrons. The minimum atomic E-state index is -0.308.